The van der Waals surface area contributed by atoms with Crippen LogP contribution in [-0.4, -0.2) is 25.5 Å². The van der Waals surface area contributed by atoms with Gasteiger partial charge >= 0.3 is 0 Å². The van der Waals surface area contributed by atoms with Crippen LogP contribution in [0.1, 0.15) is 23.1 Å². The van der Waals surface area contributed by atoms with E-state index in [2.05, 4.69) is 47.3 Å². The molecule has 0 atom stereocenters. The van der Waals surface area contributed by atoms with Gasteiger partial charge in [0.15, 0.2) is 0 Å². The summed E-state index contributed by atoms with van der Waals surface area (Å²) in [5.41, 5.74) is 5.65. The SMILES string of the molecule is Cc1c(N(C)C)ccc(C2=CC=CC2)c1/C=N/O. The van der Waals surface area contributed by atoms with Gasteiger partial charge in [0.05, 0.1) is 6.21 Å². The van der Waals surface area contributed by atoms with Crippen molar-refractivity contribution < 1.29 is 5.21 Å². The molecule has 0 unspecified atom stereocenters. The van der Waals surface area contributed by atoms with Crippen molar-refractivity contribution in [2.45, 2.75) is 13.3 Å². The zero-order chi connectivity index (χ0) is 13.1. The molecule has 0 bridgehead atoms. The Morgan fingerprint density at radius 2 is 2.11 bits per heavy atom. The van der Waals surface area contributed by atoms with Crippen LogP contribution in [0.2, 0.25) is 0 Å². The van der Waals surface area contributed by atoms with Gasteiger partial charge in [-0.25, -0.2) is 0 Å². The third kappa shape index (κ3) is 2.16. The van der Waals surface area contributed by atoms with E-state index in [1.807, 2.05) is 14.1 Å². The topological polar surface area (TPSA) is 35.8 Å². The first-order valence-electron chi connectivity index (χ1n) is 5.99. The largest absolute Gasteiger partial charge is 0.411 e. The second kappa shape index (κ2) is 5.08. The molecule has 0 fully saturated rings. The Bertz CT molecular complexity index is 540. The molecule has 18 heavy (non-hydrogen) atoms. The third-order valence-corrected chi connectivity index (χ3v) is 3.27. The minimum atomic E-state index is 0.938. The number of hydrogen-bond acceptors (Lipinski definition) is 3. The number of nitrogens with zero attached hydrogens (tertiary/aromatic N) is 2. The Labute approximate surface area is 108 Å². The van der Waals surface area contributed by atoms with Gasteiger partial charge in [-0.1, -0.05) is 29.5 Å². The molecule has 0 spiro atoms. The molecule has 2 rings (SSSR count). The van der Waals surface area contributed by atoms with E-state index in [1.54, 1.807) is 0 Å². The highest BCUT2D eigenvalue weighted by Gasteiger charge is 2.13. The van der Waals surface area contributed by atoms with Gasteiger partial charge in [0.25, 0.3) is 0 Å². The van der Waals surface area contributed by atoms with Gasteiger partial charge in [-0.15, -0.1) is 0 Å². The summed E-state index contributed by atoms with van der Waals surface area (Å²) in [7, 11) is 4.02. The smallest absolute Gasteiger partial charge is 0.0743 e. The van der Waals surface area contributed by atoms with Crippen LogP contribution in [0.25, 0.3) is 5.57 Å². The predicted octanol–water partition coefficient (Wildman–Crippen LogP) is 3.21. The zero-order valence-corrected chi connectivity index (χ0v) is 11.0. The van der Waals surface area contributed by atoms with Crippen molar-refractivity contribution >= 4 is 17.5 Å². The molecule has 3 nitrogen and oxygen atoms in total. The second-order valence-corrected chi connectivity index (χ2v) is 4.63. The molecule has 1 aromatic carbocycles. The van der Waals surface area contributed by atoms with E-state index in [9.17, 15) is 0 Å². The molecule has 0 saturated carbocycles. The summed E-state index contributed by atoms with van der Waals surface area (Å²) in [6.07, 6.45) is 8.76. The highest BCUT2D eigenvalue weighted by atomic mass is 16.4. The number of rotatable bonds is 3. The fourth-order valence-corrected chi connectivity index (χ4v) is 2.35. The average Bonchev–Trinajstić information content (AvgIpc) is 2.84. The lowest BCUT2D eigenvalue weighted by atomic mass is 9.94. The van der Waals surface area contributed by atoms with Crippen LogP contribution < -0.4 is 4.90 Å². The van der Waals surface area contributed by atoms with Gasteiger partial charge in [0, 0.05) is 25.3 Å². The number of allylic oxidation sites excluding steroid dienone is 4. The third-order valence-electron chi connectivity index (χ3n) is 3.27. The Balaban J connectivity index is 2.57. The summed E-state index contributed by atoms with van der Waals surface area (Å²) >= 11 is 0. The molecule has 3 heteroatoms. The average molecular weight is 242 g/mol. The van der Waals surface area contributed by atoms with Crippen LogP contribution in [0.4, 0.5) is 5.69 Å². The molecule has 1 aromatic rings. The molecule has 0 radical (unpaired) electrons. The molecular formula is C15H18N2O. The first-order valence-corrected chi connectivity index (χ1v) is 5.99. The molecule has 1 aliphatic carbocycles. The van der Waals surface area contributed by atoms with Crippen LogP contribution in [0.5, 0.6) is 0 Å². The van der Waals surface area contributed by atoms with E-state index in [1.165, 1.54) is 11.8 Å². The summed E-state index contributed by atoms with van der Waals surface area (Å²) in [6.45, 7) is 2.05. The van der Waals surface area contributed by atoms with Gasteiger partial charge in [0.2, 0.25) is 0 Å². The molecular weight excluding hydrogens is 224 g/mol. The van der Waals surface area contributed by atoms with Crippen molar-refractivity contribution in [2.24, 2.45) is 5.16 Å². The Morgan fingerprint density at radius 1 is 1.33 bits per heavy atom. The van der Waals surface area contributed by atoms with Crippen LogP contribution in [0.3, 0.4) is 0 Å². The van der Waals surface area contributed by atoms with E-state index in [-0.39, 0.29) is 0 Å². The molecule has 94 valence electrons. The Hall–Kier alpha value is -2.03. The second-order valence-electron chi connectivity index (χ2n) is 4.63. The van der Waals surface area contributed by atoms with Crippen molar-refractivity contribution in [3.8, 4) is 0 Å². The van der Waals surface area contributed by atoms with Crippen molar-refractivity contribution in [1.82, 2.24) is 0 Å². The minimum absolute atomic E-state index is 0.938. The van der Waals surface area contributed by atoms with Crippen LogP contribution in [0, 0.1) is 6.92 Å². The predicted molar refractivity (Wildman–Crippen MR) is 76.6 cm³/mol. The van der Waals surface area contributed by atoms with E-state index in [0.717, 1.165) is 28.8 Å². The summed E-state index contributed by atoms with van der Waals surface area (Å²) in [5.74, 6) is 0. The fourth-order valence-electron chi connectivity index (χ4n) is 2.35. The molecule has 1 aliphatic rings. The van der Waals surface area contributed by atoms with Gasteiger partial charge in [-0.3, -0.25) is 0 Å². The highest BCUT2D eigenvalue weighted by Crippen LogP contribution is 2.31. The van der Waals surface area contributed by atoms with E-state index >= 15 is 0 Å². The summed E-state index contributed by atoms with van der Waals surface area (Å²) in [4.78, 5) is 2.06. The molecule has 0 aliphatic heterocycles. The first kappa shape index (κ1) is 12.4. The molecule has 0 saturated heterocycles. The van der Waals surface area contributed by atoms with Gasteiger partial charge in [-0.05, 0) is 36.1 Å². The maximum Gasteiger partial charge on any atom is 0.0743 e. The number of benzene rings is 1. The van der Waals surface area contributed by atoms with Crippen LogP contribution >= 0.6 is 0 Å². The zero-order valence-electron chi connectivity index (χ0n) is 11.0. The molecule has 0 aromatic heterocycles. The maximum atomic E-state index is 8.86. The summed E-state index contributed by atoms with van der Waals surface area (Å²) < 4.78 is 0. The monoisotopic (exact) mass is 242 g/mol. The number of oxime groups is 1. The van der Waals surface area contributed by atoms with Crippen LogP contribution in [-0.2, 0) is 0 Å². The Morgan fingerprint density at radius 3 is 2.67 bits per heavy atom. The summed E-state index contributed by atoms with van der Waals surface area (Å²) in [6, 6.07) is 4.21. The molecule has 0 amide bonds. The first-order chi connectivity index (χ1) is 8.65. The highest BCUT2D eigenvalue weighted by molar-refractivity contribution is 5.93. The molecule has 0 heterocycles. The van der Waals surface area contributed by atoms with Gasteiger partial charge in [0.1, 0.15) is 0 Å². The quantitative estimate of drug-likeness (QED) is 0.502. The summed E-state index contributed by atoms with van der Waals surface area (Å²) in [5, 5.41) is 12.1. The fraction of sp³-hybridized carbons (Fsp3) is 0.267. The van der Waals surface area contributed by atoms with Crippen molar-refractivity contribution in [3.63, 3.8) is 0 Å². The number of hydrogen-bond donors (Lipinski definition) is 1. The lowest BCUT2D eigenvalue weighted by Gasteiger charge is -2.19. The Kier molecular flexibility index (Phi) is 3.51. The lowest BCUT2D eigenvalue weighted by Crippen LogP contribution is -2.12. The van der Waals surface area contributed by atoms with Crippen molar-refractivity contribution in [3.05, 3.63) is 47.1 Å². The van der Waals surface area contributed by atoms with E-state index in [0.29, 0.717) is 0 Å². The minimum Gasteiger partial charge on any atom is -0.411 e. The lowest BCUT2D eigenvalue weighted by molar-refractivity contribution is 0.322. The standard InChI is InChI=1S/C15H18N2O/c1-11-14(10-16-18)13(12-6-4-5-7-12)8-9-15(11)17(2)3/h4-6,8-10,18H,7H2,1-3H3/b16-10+. The van der Waals surface area contributed by atoms with Crippen LogP contribution in [0.15, 0.2) is 35.5 Å². The molecule has 1 N–H and O–H groups in total. The maximum absolute atomic E-state index is 8.86. The van der Waals surface area contributed by atoms with Gasteiger partial charge in [-0.2, -0.15) is 0 Å². The van der Waals surface area contributed by atoms with E-state index in [4.69, 9.17) is 5.21 Å². The van der Waals surface area contributed by atoms with E-state index < -0.39 is 0 Å². The van der Waals surface area contributed by atoms with Gasteiger partial charge < -0.3 is 10.1 Å². The van der Waals surface area contributed by atoms with Crippen molar-refractivity contribution in [2.75, 3.05) is 19.0 Å². The number of anilines is 1. The normalized spacial score (nSPS) is 14.3. The van der Waals surface area contributed by atoms with Crippen molar-refractivity contribution in [1.29, 1.82) is 0 Å².